The first-order valence-electron chi connectivity index (χ1n) is 5.35. The molecule has 3 N–H and O–H groups in total. The van der Waals surface area contributed by atoms with E-state index in [1.807, 2.05) is 14.1 Å². The van der Waals surface area contributed by atoms with E-state index in [2.05, 4.69) is 9.80 Å². The topological polar surface area (TPSA) is 69.8 Å². The maximum atomic E-state index is 10.4. The fraction of sp³-hybridized carbons (Fsp3) is 0.900. The zero-order valence-corrected chi connectivity index (χ0v) is 9.78. The molecule has 0 aliphatic rings. The quantitative estimate of drug-likeness (QED) is 0.553. The average molecular weight is 217 g/mol. The maximum Gasteiger partial charge on any atom is 0.304 e. The highest BCUT2D eigenvalue weighted by molar-refractivity contribution is 5.66. The Balaban J connectivity index is 3.67. The molecule has 0 unspecified atom stereocenters. The van der Waals surface area contributed by atoms with Crippen LogP contribution in [0.25, 0.3) is 0 Å². The Kier molecular flexibility index (Phi) is 8.27. The van der Waals surface area contributed by atoms with E-state index < -0.39 is 5.97 Å². The SMILES string of the molecule is CN(C)CCCN(CCN)CCC(=O)O. The monoisotopic (exact) mass is 217 g/mol. The van der Waals surface area contributed by atoms with Crippen LogP contribution in [-0.2, 0) is 4.79 Å². The normalized spacial score (nSPS) is 11.3. The van der Waals surface area contributed by atoms with Crippen molar-refractivity contribution >= 4 is 5.97 Å². The summed E-state index contributed by atoms with van der Waals surface area (Å²) >= 11 is 0. The van der Waals surface area contributed by atoms with Crippen LogP contribution in [0, 0.1) is 0 Å². The standard InChI is InChI=1S/C10H23N3O2/c1-12(2)6-3-7-13(9-5-11)8-4-10(14)15/h3-9,11H2,1-2H3,(H,14,15). The second-order valence-electron chi connectivity index (χ2n) is 3.93. The van der Waals surface area contributed by atoms with E-state index in [1.54, 1.807) is 0 Å². The number of nitrogens with zero attached hydrogens (tertiary/aromatic N) is 2. The first-order chi connectivity index (χ1) is 7.06. The minimum atomic E-state index is -0.746. The molecule has 0 bridgehead atoms. The van der Waals surface area contributed by atoms with Gasteiger partial charge in [0.2, 0.25) is 0 Å². The summed E-state index contributed by atoms with van der Waals surface area (Å²) in [5, 5.41) is 8.58. The number of carboxylic acid groups (broad SMARTS) is 1. The highest BCUT2D eigenvalue weighted by Gasteiger charge is 2.06. The van der Waals surface area contributed by atoms with Gasteiger partial charge in [-0.3, -0.25) is 4.79 Å². The van der Waals surface area contributed by atoms with E-state index in [1.165, 1.54) is 0 Å². The second-order valence-corrected chi connectivity index (χ2v) is 3.93. The first-order valence-corrected chi connectivity index (χ1v) is 5.35. The minimum Gasteiger partial charge on any atom is -0.481 e. The molecule has 0 saturated carbocycles. The van der Waals surface area contributed by atoms with Crippen LogP contribution in [0.1, 0.15) is 12.8 Å². The van der Waals surface area contributed by atoms with Crippen LogP contribution in [0.5, 0.6) is 0 Å². The molecule has 0 aliphatic heterocycles. The molecular formula is C10H23N3O2. The fourth-order valence-corrected chi connectivity index (χ4v) is 1.38. The van der Waals surface area contributed by atoms with Crippen LogP contribution < -0.4 is 5.73 Å². The Morgan fingerprint density at radius 1 is 1.20 bits per heavy atom. The Morgan fingerprint density at radius 3 is 2.33 bits per heavy atom. The molecule has 5 heteroatoms. The summed E-state index contributed by atoms with van der Waals surface area (Å²) in [5.41, 5.74) is 5.47. The lowest BCUT2D eigenvalue weighted by Crippen LogP contribution is -2.33. The van der Waals surface area contributed by atoms with Gasteiger partial charge in [-0.25, -0.2) is 0 Å². The zero-order chi connectivity index (χ0) is 11.7. The van der Waals surface area contributed by atoms with Gasteiger partial charge in [0, 0.05) is 19.6 Å². The molecule has 0 aromatic heterocycles. The molecule has 0 fully saturated rings. The van der Waals surface area contributed by atoms with Crippen molar-refractivity contribution in [1.29, 1.82) is 0 Å². The highest BCUT2D eigenvalue weighted by Crippen LogP contribution is 1.94. The van der Waals surface area contributed by atoms with Gasteiger partial charge in [-0.1, -0.05) is 0 Å². The van der Waals surface area contributed by atoms with Crippen molar-refractivity contribution in [3.63, 3.8) is 0 Å². The Labute approximate surface area is 91.8 Å². The molecule has 90 valence electrons. The predicted octanol–water partition coefficient (Wildman–Crippen LogP) is -0.326. The molecular weight excluding hydrogens is 194 g/mol. The lowest BCUT2D eigenvalue weighted by molar-refractivity contribution is -0.137. The van der Waals surface area contributed by atoms with Gasteiger partial charge < -0.3 is 20.6 Å². The fourth-order valence-electron chi connectivity index (χ4n) is 1.38. The summed E-state index contributed by atoms with van der Waals surface area (Å²) in [5.74, 6) is -0.746. The number of nitrogens with two attached hydrogens (primary N) is 1. The second kappa shape index (κ2) is 8.64. The summed E-state index contributed by atoms with van der Waals surface area (Å²) in [7, 11) is 4.06. The summed E-state index contributed by atoms with van der Waals surface area (Å²) < 4.78 is 0. The van der Waals surface area contributed by atoms with Crippen molar-refractivity contribution in [2.45, 2.75) is 12.8 Å². The molecule has 0 rings (SSSR count). The minimum absolute atomic E-state index is 0.196. The van der Waals surface area contributed by atoms with Gasteiger partial charge in [0.25, 0.3) is 0 Å². The van der Waals surface area contributed by atoms with E-state index in [-0.39, 0.29) is 6.42 Å². The summed E-state index contributed by atoms with van der Waals surface area (Å²) in [6.45, 7) is 3.90. The van der Waals surface area contributed by atoms with Crippen molar-refractivity contribution in [3.05, 3.63) is 0 Å². The Bertz CT molecular complexity index is 174. The third-order valence-corrected chi connectivity index (χ3v) is 2.17. The van der Waals surface area contributed by atoms with Gasteiger partial charge in [-0.05, 0) is 33.6 Å². The first kappa shape index (κ1) is 14.3. The molecule has 0 heterocycles. The highest BCUT2D eigenvalue weighted by atomic mass is 16.4. The van der Waals surface area contributed by atoms with Crippen molar-refractivity contribution in [2.75, 3.05) is 46.8 Å². The van der Waals surface area contributed by atoms with E-state index in [9.17, 15) is 4.79 Å². The van der Waals surface area contributed by atoms with Crippen molar-refractivity contribution < 1.29 is 9.90 Å². The van der Waals surface area contributed by atoms with Crippen LogP contribution in [0.15, 0.2) is 0 Å². The zero-order valence-electron chi connectivity index (χ0n) is 9.78. The molecule has 0 amide bonds. The molecule has 0 radical (unpaired) electrons. The van der Waals surface area contributed by atoms with Gasteiger partial charge in [0.15, 0.2) is 0 Å². The molecule has 5 nitrogen and oxygen atoms in total. The number of hydrogen-bond acceptors (Lipinski definition) is 4. The largest absolute Gasteiger partial charge is 0.481 e. The molecule has 0 aliphatic carbocycles. The Hall–Kier alpha value is -0.650. The molecule has 0 aromatic carbocycles. The lowest BCUT2D eigenvalue weighted by Gasteiger charge is -2.21. The maximum absolute atomic E-state index is 10.4. The van der Waals surface area contributed by atoms with Crippen LogP contribution in [0.2, 0.25) is 0 Å². The van der Waals surface area contributed by atoms with Gasteiger partial charge in [-0.15, -0.1) is 0 Å². The Morgan fingerprint density at radius 2 is 1.87 bits per heavy atom. The van der Waals surface area contributed by atoms with E-state index in [0.29, 0.717) is 13.1 Å². The molecule has 0 aromatic rings. The van der Waals surface area contributed by atoms with E-state index >= 15 is 0 Å². The van der Waals surface area contributed by atoms with E-state index in [0.717, 1.165) is 26.1 Å². The number of rotatable bonds is 9. The van der Waals surface area contributed by atoms with Crippen molar-refractivity contribution in [1.82, 2.24) is 9.80 Å². The molecule has 0 atom stereocenters. The van der Waals surface area contributed by atoms with Crippen LogP contribution in [0.4, 0.5) is 0 Å². The van der Waals surface area contributed by atoms with Crippen molar-refractivity contribution in [2.24, 2.45) is 5.73 Å². The number of aliphatic carboxylic acids is 1. The molecule has 0 spiro atoms. The summed E-state index contributed by atoms with van der Waals surface area (Å²) in [4.78, 5) is 14.7. The predicted molar refractivity (Wildman–Crippen MR) is 60.9 cm³/mol. The average Bonchev–Trinajstić information content (AvgIpc) is 2.13. The number of hydrogen-bond donors (Lipinski definition) is 2. The van der Waals surface area contributed by atoms with Crippen LogP contribution >= 0.6 is 0 Å². The third-order valence-electron chi connectivity index (χ3n) is 2.17. The number of carbonyl (C=O) groups is 1. The van der Waals surface area contributed by atoms with Gasteiger partial charge in [-0.2, -0.15) is 0 Å². The summed E-state index contributed by atoms with van der Waals surface area (Å²) in [6.07, 6.45) is 1.24. The molecule has 15 heavy (non-hydrogen) atoms. The van der Waals surface area contributed by atoms with Gasteiger partial charge in [0.1, 0.15) is 0 Å². The molecule has 0 saturated heterocycles. The van der Waals surface area contributed by atoms with Crippen LogP contribution in [0.3, 0.4) is 0 Å². The lowest BCUT2D eigenvalue weighted by atomic mass is 10.3. The van der Waals surface area contributed by atoms with Gasteiger partial charge >= 0.3 is 5.97 Å². The number of carboxylic acids is 1. The summed E-state index contributed by atoms with van der Waals surface area (Å²) in [6, 6.07) is 0. The van der Waals surface area contributed by atoms with E-state index in [4.69, 9.17) is 10.8 Å². The van der Waals surface area contributed by atoms with Gasteiger partial charge in [0.05, 0.1) is 6.42 Å². The third kappa shape index (κ3) is 9.65. The van der Waals surface area contributed by atoms with Crippen molar-refractivity contribution in [3.8, 4) is 0 Å². The smallest absolute Gasteiger partial charge is 0.304 e. The van der Waals surface area contributed by atoms with Crippen LogP contribution in [-0.4, -0.2) is 67.7 Å².